The van der Waals surface area contributed by atoms with Gasteiger partial charge in [0.1, 0.15) is 5.82 Å². The summed E-state index contributed by atoms with van der Waals surface area (Å²) in [6, 6.07) is 14.6. The number of carbonyl (C=O) groups excluding carboxylic acids is 1. The number of halogens is 3. The fraction of sp³-hybridized carbons (Fsp3) is 0.185. The molecule has 0 atom stereocenters. The Morgan fingerprint density at radius 2 is 1.79 bits per heavy atom. The zero-order valence-electron chi connectivity index (χ0n) is 20.7. The molecule has 11 heteroatoms. The van der Waals surface area contributed by atoms with Crippen LogP contribution in [0.2, 0.25) is 0 Å². The fourth-order valence-electron chi connectivity index (χ4n) is 3.58. The van der Waals surface area contributed by atoms with Gasteiger partial charge in [0.25, 0.3) is 11.5 Å². The molecule has 1 amide bonds. The van der Waals surface area contributed by atoms with Gasteiger partial charge in [-0.15, -0.1) is 0 Å². The summed E-state index contributed by atoms with van der Waals surface area (Å²) >= 11 is 10.5. The first-order valence-electron chi connectivity index (χ1n) is 11.5. The molecular weight excluding hydrogens is 684 g/mol. The van der Waals surface area contributed by atoms with Gasteiger partial charge < -0.3 is 14.8 Å². The molecule has 0 radical (unpaired) electrons. The van der Waals surface area contributed by atoms with Gasteiger partial charge in [-0.2, -0.15) is 9.78 Å². The van der Waals surface area contributed by atoms with Gasteiger partial charge in [0, 0.05) is 20.2 Å². The van der Waals surface area contributed by atoms with Gasteiger partial charge in [-0.3, -0.25) is 9.59 Å². The first-order chi connectivity index (χ1) is 18.2. The first kappa shape index (κ1) is 28.0. The number of fused-ring (bicyclic) bond motifs is 1. The third-order valence-corrected chi connectivity index (χ3v) is 8.06. The second kappa shape index (κ2) is 12.2. The van der Waals surface area contributed by atoms with Crippen LogP contribution in [-0.2, 0) is 4.79 Å². The van der Waals surface area contributed by atoms with Crippen molar-refractivity contribution in [1.29, 1.82) is 0 Å². The van der Waals surface area contributed by atoms with E-state index < -0.39 is 0 Å². The Morgan fingerprint density at radius 1 is 1.05 bits per heavy atom. The van der Waals surface area contributed by atoms with Crippen molar-refractivity contribution in [3.63, 3.8) is 0 Å². The lowest BCUT2D eigenvalue weighted by Gasteiger charge is -2.16. The van der Waals surface area contributed by atoms with E-state index in [9.17, 15) is 9.59 Å². The van der Waals surface area contributed by atoms with E-state index in [2.05, 4.69) is 63.2 Å². The summed E-state index contributed by atoms with van der Waals surface area (Å²) in [5.41, 5.74) is 2.71. The van der Waals surface area contributed by atoms with Crippen LogP contribution in [0.3, 0.4) is 0 Å². The first-order valence-corrected chi connectivity index (χ1v) is 13.9. The molecule has 0 aliphatic rings. The molecule has 1 N–H and O–H groups in total. The van der Waals surface area contributed by atoms with Crippen molar-refractivity contribution in [3.05, 3.63) is 89.3 Å². The van der Waals surface area contributed by atoms with Gasteiger partial charge in [-0.1, -0.05) is 33.6 Å². The highest BCUT2D eigenvalue weighted by Crippen LogP contribution is 2.42. The summed E-state index contributed by atoms with van der Waals surface area (Å²) < 4.78 is 14.8. The smallest absolute Gasteiger partial charge is 0.282 e. The molecule has 0 bridgehead atoms. The molecular formula is C27H23Br3N4O4. The third-order valence-electron chi connectivity index (χ3n) is 5.42. The molecule has 0 spiro atoms. The van der Waals surface area contributed by atoms with Crippen molar-refractivity contribution in [3.8, 4) is 11.5 Å². The average Bonchev–Trinajstić information content (AvgIpc) is 2.88. The number of ether oxygens (including phenoxy) is 2. The molecule has 38 heavy (non-hydrogen) atoms. The number of nitrogens with one attached hydrogen (secondary N) is 1. The minimum Gasteiger partial charge on any atom is -0.490 e. The van der Waals surface area contributed by atoms with Crippen molar-refractivity contribution in [1.82, 2.24) is 9.66 Å². The number of aryl methyl sites for hydroxylation is 2. The predicted molar refractivity (Wildman–Crippen MR) is 160 cm³/mol. The molecule has 3 aromatic carbocycles. The Hall–Kier alpha value is -3.02. The summed E-state index contributed by atoms with van der Waals surface area (Å²) in [5, 5.41) is 7.66. The van der Waals surface area contributed by atoms with E-state index in [4.69, 9.17) is 9.47 Å². The van der Waals surface area contributed by atoms with Gasteiger partial charge in [-0.25, -0.2) is 4.98 Å². The molecule has 4 aromatic rings. The maximum atomic E-state index is 13.1. The standard InChI is InChI=1S/C27H23Br3N4O4/c1-4-37-22-11-17(13-31-34-16(3)32-21-10-7-18(28)12-20(21)27(34)36)24(29)25(30)26(22)38-14-23(35)33-19-8-5-15(2)6-9-19/h5-13H,4,14H2,1-3H3,(H,33,35). The van der Waals surface area contributed by atoms with Crippen LogP contribution in [0.25, 0.3) is 10.9 Å². The summed E-state index contributed by atoms with van der Waals surface area (Å²) in [6.45, 7) is 5.69. The number of hydrogen-bond donors (Lipinski definition) is 1. The quantitative estimate of drug-likeness (QED) is 0.209. The SMILES string of the molecule is CCOc1cc(C=Nn2c(C)nc3ccc(Br)cc3c2=O)c(Br)c(Br)c1OCC(=O)Nc1ccc(C)cc1. The summed E-state index contributed by atoms with van der Waals surface area (Å²) in [5.74, 6) is 0.911. The van der Waals surface area contributed by atoms with Gasteiger partial charge >= 0.3 is 0 Å². The van der Waals surface area contributed by atoms with Crippen LogP contribution in [0.1, 0.15) is 23.9 Å². The summed E-state index contributed by atoms with van der Waals surface area (Å²) in [4.78, 5) is 30.0. The lowest BCUT2D eigenvalue weighted by Crippen LogP contribution is -2.21. The van der Waals surface area contributed by atoms with E-state index in [0.29, 0.717) is 55.0 Å². The Kier molecular flexibility index (Phi) is 9.01. The van der Waals surface area contributed by atoms with Crippen LogP contribution in [0.4, 0.5) is 5.69 Å². The molecule has 0 unspecified atom stereocenters. The fourth-order valence-corrected chi connectivity index (χ4v) is 4.88. The maximum absolute atomic E-state index is 13.1. The normalized spacial score (nSPS) is 11.2. The highest BCUT2D eigenvalue weighted by Gasteiger charge is 2.18. The molecule has 0 aliphatic heterocycles. The van der Waals surface area contributed by atoms with Crippen molar-refractivity contribution in [2.24, 2.45) is 5.10 Å². The largest absolute Gasteiger partial charge is 0.490 e. The van der Waals surface area contributed by atoms with Gasteiger partial charge in [0.15, 0.2) is 18.1 Å². The number of amides is 1. The molecule has 196 valence electrons. The minimum atomic E-state index is -0.310. The lowest BCUT2D eigenvalue weighted by molar-refractivity contribution is -0.118. The number of anilines is 1. The number of benzene rings is 3. The number of aromatic nitrogens is 2. The number of rotatable bonds is 8. The van der Waals surface area contributed by atoms with Crippen molar-refractivity contribution in [2.45, 2.75) is 20.8 Å². The van der Waals surface area contributed by atoms with E-state index >= 15 is 0 Å². The van der Waals surface area contributed by atoms with Crippen LogP contribution in [0.15, 0.2) is 71.8 Å². The second-order valence-electron chi connectivity index (χ2n) is 8.24. The minimum absolute atomic E-state index is 0.223. The summed E-state index contributed by atoms with van der Waals surface area (Å²) in [7, 11) is 0. The van der Waals surface area contributed by atoms with Crippen LogP contribution >= 0.6 is 47.8 Å². The van der Waals surface area contributed by atoms with E-state index in [1.807, 2.05) is 44.2 Å². The highest BCUT2D eigenvalue weighted by molar-refractivity contribution is 9.13. The van der Waals surface area contributed by atoms with E-state index in [0.717, 1.165) is 10.0 Å². The number of carbonyl (C=O) groups is 1. The van der Waals surface area contributed by atoms with Gasteiger partial charge in [-0.05, 0) is 89.0 Å². The van der Waals surface area contributed by atoms with Crippen LogP contribution in [0, 0.1) is 13.8 Å². The molecule has 1 aromatic heterocycles. The van der Waals surface area contributed by atoms with Crippen molar-refractivity contribution >= 4 is 76.5 Å². The number of hydrogen-bond acceptors (Lipinski definition) is 6. The van der Waals surface area contributed by atoms with Gasteiger partial charge in [0.2, 0.25) is 0 Å². The second-order valence-corrected chi connectivity index (χ2v) is 10.7. The Morgan fingerprint density at radius 3 is 2.50 bits per heavy atom. The molecule has 0 saturated carbocycles. The molecule has 0 saturated heterocycles. The molecule has 1 heterocycles. The van der Waals surface area contributed by atoms with E-state index in [1.165, 1.54) is 10.9 Å². The number of nitrogens with zero attached hydrogens (tertiary/aromatic N) is 3. The Labute approximate surface area is 244 Å². The van der Waals surface area contributed by atoms with Crippen molar-refractivity contribution in [2.75, 3.05) is 18.5 Å². The molecule has 0 fully saturated rings. The zero-order chi connectivity index (χ0) is 27.4. The maximum Gasteiger partial charge on any atom is 0.282 e. The lowest BCUT2D eigenvalue weighted by atomic mass is 10.2. The molecule has 0 aliphatic carbocycles. The van der Waals surface area contributed by atoms with E-state index in [-0.39, 0.29) is 18.1 Å². The Balaban J connectivity index is 1.61. The molecule has 8 nitrogen and oxygen atoms in total. The van der Waals surface area contributed by atoms with Crippen LogP contribution in [-0.4, -0.2) is 35.0 Å². The topological polar surface area (TPSA) is 94.8 Å². The average molecular weight is 707 g/mol. The van der Waals surface area contributed by atoms with Crippen molar-refractivity contribution < 1.29 is 14.3 Å². The summed E-state index contributed by atoms with van der Waals surface area (Å²) in [6.07, 6.45) is 1.53. The van der Waals surface area contributed by atoms with E-state index in [1.54, 1.807) is 25.1 Å². The van der Waals surface area contributed by atoms with Gasteiger partial charge in [0.05, 0.1) is 28.2 Å². The zero-order valence-corrected chi connectivity index (χ0v) is 25.5. The monoisotopic (exact) mass is 704 g/mol. The highest BCUT2D eigenvalue weighted by atomic mass is 79.9. The Bertz CT molecular complexity index is 1600. The molecule has 4 rings (SSSR count). The predicted octanol–water partition coefficient (Wildman–Crippen LogP) is 6.60. The van der Waals surface area contributed by atoms with Crippen LogP contribution in [0.5, 0.6) is 11.5 Å². The van der Waals surface area contributed by atoms with Crippen LogP contribution < -0.4 is 20.3 Å². The third kappa shape index (κ3) is 6.33.